The van der Waals surface area contributed by atoms with Gasteiger partial charge in [-0.15, -0.1) is 0 Å². The minimum absolute atomic E-state index is 0.0859. The Morgan fingerprint density at radius 1 is 1.19 bits per heavy atom. The highest BCUT2D eigenvalue weighted by Crippen LogP contribution is 2.21. The number of hydrogen-bond donors (Lipinski definition) is 0. The van der Waals surface area contributed by atoms with Gasteiger partial charge in [0.1, 0.15) is 6.61 Å². The van der Waals surface area contributed by atoms with Crippen LogP contribution >= 0.6 is 0 Å². The van der Waals surface area contributed by atoms with Crippen LogP contribution < -0.4 is 0 Å². The summed E-state index contributed by atoms with van der Waals surface area (Å²) < 4.78 is 10.7. The second-order valence-electron chi connectivity index (χ2n) is 7.73. The lowest BCUT2D eigenvalue weighted by molar-refractivity contribution is -0.141. The zero-order chi connectivity index (χ0) is 20.2. The number of rotatable bonds is 13. The normalized spacial score (nSPS) is 13.9. The number of esters is 1. The van der Waals surface area contributed by atoms with Crippen LogP contribution in [0.5, 0.6) is 0 Å². The molecule has 0 aliphatic rings. The summed E-state index contributed by atoms with van der Waals surface area (Å²) in [7, 11) is 0. The standard InChI is InChI=1S/C22H36O4/c1-8-20(23)16-25-22(6,7)14-10-13-18(4)11-9-12-19(5)15-21(24)26-17(2)3/h8-9,12,15,17-18H,1,10-11,13-14,16H2,2-7H3/b12-9+,19-15+. The Hall–Kier alpha value is -1.68. The average molecular weight is 365 g/mol. The molecule has 0 amide bonds. The van der Waals surface area contributed by atoms with Crippen molar-refractivity contribution in [3.63, 3.8) is 0 Å². The first-order valence-corrected chi connectivity index (χ1v) is 9.40. The molecule has 148 valence electrons. The van der Waals surface area contributed by atoms with Crippen LogP contribution in [-0.2, 0) is 19.1 Å². The molecule has 0 aliphatic carbocycles. The Balaban J connectivity index is 4.13. The Kier molecular flexibility index (Phi) is 11.8. The fourth-order valence-electron chi connectivity index (χ4n) is 2.38. The van der Waals surface area contributed by atoms with Crippen LogP contribution in [0.3, 0.4) is 0 Å². The zero-order valence-electron chi connectivity index (χ0n) is 17.3. The van der Waals surface area contributed by atoms with Crippen molar-refractivity contribution in [3.8, 4) is 0 Å². The second kappa shape index (κ2) is 12.6. The quantitative estimate of drug-likeness (QED) is 0.256. The first kappa shape index (κ1) is 24.3. The van der Waals surface area contributed by atoms with Crippen molar-refractivity contribution in [2.24, 2.45) is 5.92 Å². The van der Waals surface area contributed by atoms with Gasteiger partial charge in [-0.25, -0.2) is 4.79 Å². The van der Waals surface area contributed by atoms with E-state index in [4.69, 9.17) is 9.47 Å². The third-order valence-electron chi connectivity index (χ3n) is 3.93. The molecule has 1 unspecified atom stereocenters. The molecule has 0 spiro atoms. The summed E-state index contributed by atoms with van der Waals surface area (Å²) in [5, 5.41) is 0. The predicted octanol–water partition coefficient (Wildman–Crippen LogP) is 5.19. The smallest absolute Gasteiger partial charge is 0.331 e. The van der Waals surface area contributed by atoms with Crippen LogP contribution in [0.25, 0.3) is 0 Å². The van der Waals surface area contributed by atoms with Gasteiger partial charge in [-0.3, -0.25) is 4.79 Å². The molecule has 4 heteroatoms. The van der Waals surface area contributed by atoms with Crippen LogP contribution in [-0.4, -0.2) is 30.1 Å². The number of hydrogen-bond acceptors (Lipinski definition) is 4. The SMILES string of the molecule is C=CC(=O)COC(C)(C)CCCC(C)C/C=C/C(C)=C/C(=O)OC(C)C. The molecule has 0 fully saturated rings. The number of ether oxygens (including phenoxy) is 2. The van der Waals surface area contributed by atoms with Crippen LogP contribution in [0.1, 0.15) is 67.2 Å². The third kappa shape index (κ3) is 13.6. The minimum Gasteiger partial charge on any atom is -0.460 e. The summed E-state index contributed by atoms with van der Waals surface area (Å²) in [5.74, 6) is 0.164. The van der Waals surface area contributed by atoms with Gasteiger partial charge in [0.05, 0.1) is 11.7 Å². The van der Waals surface area contributed by atoms with E-state index in [2.05, 4.69) is 19.6 Å². The van der Waals surface area contributed by atoms with Crippen LogP contribution in [0.15, 0.2) is 36.5 Å². The number of ketones is 1. The summed E-state index contributed by atoms with van der Waals surface area (Å²) in [6, 6.07) is 0. The monoisotopic (exact) mass is 364 g/mol. The maximum atomic E-state index is 11.5. The molecule has 0 aliphatic heterocycles. The average Bonchev–Trinajstić information content (AvgIpc) is 2.51. The van der Waals surface area contributed by atoms with E-state index in [0.717, 1.165) is 31.3 Å². The van der Waals surface area contributed by atoms with E-state index in [9.17, 15) is 9.59 Å². The highest BCUT2D eigenvalue weighted by atomic mass is 16.5. The second-order valence-corrected chi connectivity index (χ2v) is 7.73. The van der Waals surface area contributed by atoms with Crippen molar-refractivity contribution in [3.05, 3.63) is 36.5 Å². The fraction of sp³-hybridized carbons (Fsp3) is 0.636. The molecule has 1 atom stereocenters. The fourth-order valence-corrected chi connectivity index (χ4v) is 2.38. The molecule has 0 heterocycles. The van der Waals surface area contributed by atoms with Gasteiger partial charge in [-0.1, -0.05) is 38.5 Å². The Labute approximate surface area is 159 Å². The zero-order valence-corrected chi connectivity index (χ0v) is 17.3. The number of carbonyl (C=O) groups is 2. The van der Waals surface area contributed by atoms with Crippen LogP contribution in [0.4, 0.5) is 0 Å². The van der Waals surface area contributed by atoms with Crippen molar-refractivity contribution < 1.29 is 19.1 Å². The van der Waals surface area contributed by atoms with Gasteiger partial charge in [0, 0.05) is 6.08 Å². The molecule has 0 saturated carbocycles. The molecule has 0 N–H and O–H groups in total. The molecule has 0 aromatic heterocycles. The maximum absolute atomic E-state index is 11.5. The largest absolute Gasteiger partial charge is 0.460 e. The van der Waals surface area contributed by atoms with E-state index < -0.39 is 0 Å². The summed E-state index contributed by atoms with van der Waals surface area (Å²) in [6.07, 6.45) is 10.8. The maximum Gasteiger partial charge on any atom is 0.331 e. The van der Waals surface area contributed by atoms with Gasteiger partial charge in [0.15, 0.2) is 5.78 Å². The molecular formula is C22H36O4. The lowest BCUT2D eigenvalue weighted by atomic mass is 9.94. The predicted molar refractivity (Wildman–Crippen MR) is 107 cm³/mol. The molecule has 0 bridgehead atoms. The highest BCUT2D eigenvalue weighted by Gasteiger charge is 2.19. The Morgan fingerprint density at radius 3 is 2.42 bits per heavy atom. The molecule has 0 radical (unpaired) electrons. The van der Waals surface area contributed by atoms with Crippen molar-refractivity contribution in [2.45, 2.75) is 78.9 Å². The van der Waals surface area contributed by atoms with Crippen LogP contribution in [0, 0.1) is 5.92 Å². The molecule has 0 saturated heterocycles. The number of carbonyl (C=O) groups excluding carboxylic acids is 2. The first-order valence-electron chi connectivity index (χ1n) is 9.40. The summed E-state index contributed by atoms with van der Waals surface area (Å²) >= 11 is 0. The van der Waals surface area contributed by atoms with E-state index in [-0.39, 0.29) is 30.1 Å². The van der Waals surface area contributed by atoms with Gasteiger partial charge in [-0.05, 0) is 65.0 Å². The van der Waals surface area contributed by atoms with Crippen molar-refractivity contribution in [1.29, 1.82) is 0 Å². The Morgan fingerprint density at radius 2 is 1.85 bits per heavy atom. The van der Waals surface area contributed by atoms with E-state index in [0.29, 0.717) is 5.92 Å². The lowest BCUT2D eigenvalue weighted by Crippen LogP contribution is -2.27. The third-order valence-corrected chi connectivity index (χ3v) is 3.93. The molecule has 0 aromatic rings. The van der Waals surface area contributed by atoms with Gasteiger partial charge in [0.2, 0.25) is 0 Å². The van der Waals surface area contributed by atoms with Gasteiger partial charge >= 0.3 is 5.97 Å². The summed E-state index contributed by atoms with van der Waals surface area (Å²) in [4.78, 5) is 22.8. The van der Waals surface area contributed by atoms with Crippen molar-refractivity contribution in [1.82, 2.24) is 0 Å². The van der Waals surface area contributed by atoms with Crippen molar-refractivity contribution >= 4 is 11.8 Å². The lowest BCUT2D eigenvalue weighted by Gasteiger charge is -2.25. The highest BCUT2D eigenvalue weighted by molar-refractivity contribution is 5.90. The molecule has 0 aromatic carbocycles. The summed E-state index contributed by atoms with van der Waals surface area (Å²) in [5.41, 5.74) is 0.592. The van der Waals surface area contributed by atoms with Gasteiger partial charge in [0.25, 0.3) is 0 Å². The van der Waals surface area contributed by atoms with Gasteiger partial charge in [-0.2, -0.15) is 0 Å². The number of allylic oxidation sites excluding steroid dienone is 3. The van der Waals surface area contributed by atoms with E-state index >= 15 is 0 Å². The van der Waals surface area contributed by atoms with E-state index in [1.807, 2.05) is 40.7 Å². The molecule has 26 heavy (non-hydrogen) atoms. The molecular weight excluding hydrogens is 328 g/mol. The van der Waals surface area contributed by atoms with Gasteiger partial charge < -0.3 is 9.47 Å². The summed E-state index contributed by atoms with van der Waals surface area (Å²) in [6.45, 7) is 15.4. The Bertz CT molecular complexity index is 512. The molecule has 0 rings (SSSR count). The topological polar surface area (TPSA) is 52.6 Å². The van der Waals surface area contributed by atoms with E-state index in [1.54, 1.807) is 0 Å². The minimum atomic E-state index is -0.301. The van der Waals surface area contributed by atoms with Crippen molar-refractivity contribution in [2.75, 3.05) is 6.61 Å². The first-order chi connectivity index (χ1) is 12.1. The molecule has 4 nitrogen and oxygen atoms in total. The van der Waals surface area contributed by atoms with Crippen LogP contribution in [0.2, 0.25) is 0 Å². The van der Waals surface area contributed by atoms with E-state index in [1.165, 1.54) is 12.2 Å².